The topological polar surface area (TPSA) is 64.9 Å². The molecular formula is C14H9F2N3O. The van der Waals surface area contributed by atoms with Crippen molar-refractivity contribution in [3.63, 3.8) is 0 Å². The maximum absolute atomic E-state index is 13.5. The van der Waals surface area contributed by atoms with Gasteiger partial charge in [0, 0.05) is 0 Å². The van der Waals surface area contributed by atoms with Crippen molar-refractivity contribution in [1.29, 1.82) is 5.26 Å². The largest absolute Gasteiger partial charge is 0.323 e. The minimum absolute atomic E-state index is 0.0148. The predicted octanol–water partition coefficient (Wildman–Crippen LogP) is 3.48. The second-order valence-corrected chi connectivity index (χ2v) is 3.87. The third-order valence-corrected chi connectivity index (χ3v) is 2.47. The minimum Gasteiger partial charge on any atom is -0.305 e. The number of carbonyl (C=O) groups excluding carboxylic acids is 1. The van der Waals surface area contributed by atoms with Gasteiger partial charge >= 0.3 is 6.03 Å². The zero-order chi connectivity index (χ0) is 14.5. The van der Waals surface area contributed by atoms with Crippen LogP contribution in [-0.4, -0.2) is 6.03 Å². The van der Waals surface area contributed by atoms with Crippen LogP contribution < -0.4 is 10.6 Å². The lowest BCUT2D eigenvalue weighted by molar-refractivity contribution is 0.262. The number of nitrogens with zero attached hydrogens (tertiary/aromatic N) is 1. The maximum atomic E-state index is 13.5. The first-order chi connectivity index (χ1) is 9.60. The third-order valence-electron chi connectivity index (χ3n) is 2.47. The van der Waals surface area contributed by atoms with E-state index in [0.29, 0.717) is 0 Å². The van der Waals surface area contributed by atoms with E-state index in [2.05, 4.69) is 10.6 Å². The number of carbonyl (C=O) groups is 1. The smallest absolute Gasteiger partial charge is 0.305 e. The summed E-state index contributed by atoms with van der Waals surface area (Å²) in [7, 11) is 0. The molecule has 0 aliphatic carbocycles. The molecule has 2 N–H and O–H groups in total. The highest BCUT2D eigenvalue weighted by atomic mass is 19.1. The number of hydrogen-bond acceptors (Lipinski definition) is 2. The second-order valence-electron chi connectivity index (χ2n) is 3.87. The lowest BCUT2D eigenvalue weighted by Gasteiger charge is -2.09. The molecule has 0 heterocycles. The molecule has 0 aromatic heterocycles. The molecule has 2 aromatic carbocycles. The lowest BCUT2D eigenvalue weighted by atomic mass is 10.2. The molecule has 0 aliphatic rings. The van der Waals surface area contributed by atoms with E-state index in [1.54, 1.807) is 12.1 Å². The summed E-state index contributed by atoms with van der Waals surface area (Å²) in [6.07, 6.45) is 0. The van der Waals surface area contributed by atoms with E-state index < -0.39 is 17.7 Å². The third kappa shape index (κ3) is 3.09. The Kier molecular flexibility index (Phi) is 3.91. The van der Waals surface area contributed by atoms with Crippen LogP contribution >= 0.6 is 0 Å². The van der Waals surface area contributed by atoms with Crippen molar-refractivity contribution in [2.75, 3.05) is 10.6 Å². The summed E-state index contributed by atoms with van der Waals surface area (Å²) in [6.45, 7) is 0. The molecule has 0 aliphatic heterocycles. The molecule has 100 valence electrons. The molecule has 0 spiro atoms. The molecule has 0 saturated heterocycles. The summed E-state index contributed by atoms with van der Waals surface area (Å²) in [5.74, 6) is -1.34. The normalized spacial score (nSPS) is 9.65. The van der Waals surface area contributed by atoms with Crippen LogP contribution in [0.25, 0.3) is 0 Å². The van der Waals surface area contributed by atoms with Gasteiger partial charge < -0.3 is 10.6 Å². The standard InChI is InChI=1S/C14H9F2N3O/c15-10-3-1-2-4-12(10)18-14(20)19-13-6-5-9(8-17)7-11(13)16/h1-7H,(H2,18,19,20). The first kappa shape index (κ1) is 13.5. The molecule has 0 radical (unpaired) electrons. The number of nitriles is 1. The highest BCUT2D eigenvalue weighted by Gasteiger charge is 2.09. The number of anilines is 2. The van der Waals surface area contributed by atoms with E-state index in [1.165, 1.54) is 30.3 Å². The summed E-state index contributed by atoms with van der Waals surface area (Å²) >= 11 is 0. The Balaban J connectivity index is 2.09. The van der Waals surface area contributed by atoms with Gasteiger partial charge in [-0.2, -0.15) is 5.26 Å². The molecule has 6 heteroatoms. The first-order valence-corrected chi connectivity index (χ1v) is 5.62. The van der Waals surface area contributed by atoms with Gasteiger partial charge in [0.25, 0.3) is 0 Å². The zero-order valence-corrected chi connectivity index (χ0v) is 10.2. The fourth-order valence-corrected chi connectivity index (χ4v) is 1.52. The average molecular weight is 273 g/mol. The number of nitrogens with one attached hydrogen (secondary N) is 2. The number of urea groups is 1. The molecule has 0 bridgehead atoms. The van der Waals surface area contributed by atoms with Gasteiger partial charge in [-0.25, -0.2) is 13.6 Å². The van der Waals surface area contributed by atoms with E-state index in [-0.39, 0.29) is 16.9 Å². The van der Waals surface area contributed by atoms with Crippen molar-refractivity contribution in [3.8, 4) is 6.07 Å². The van der Waals surface area contributed by atoms with Crippen molar-refractivity contribution in [1.82, 2.24) is 0 Å². The Morgan fingerprint density at radius 2 is 1.65 bits per heavy atom. The Morgan fingerprint density at radius 1 is 1.00 bits per heavy atom. The second kappa shape index (κ2) is 5.80. The van der Waals surface area contributed by atoms with Crippen molar-refractivity contribution in [2.24, 2.45) is 0 Å². The molecule has 2 amide bonds. The van der Waals surface area contributed by atoms with Crippen molar-refractivity contribution >= 4 is 17.4 Å². The van der Waals surface area contributed by atoms with Gasteiger partial charge in [-0.05, 0) is 30.3 Å². The molecule has 0 saturated carbocycles. The zero-order valence-electron chi connectivity index (χ0n) is 10.2. The van der Waals surface area contributed by atoms with Crippen LogP contribution in [-0.2, 0) is 0 Å². The maximum Gasteiger partial charge on any atom is 0.323 e. The van der Waals surface area contributed by atoms with Gasteiger partial charge in [0.2, 0.25) is 0 Å². The van der Waals surface area contributed by atoms with Crippen LogP contribution in [0.15, 0.2) is 42.5 Å². The predicted molar refractivity (Wildman–Crippen MR) is 70.2 cm³/mol. The van der Waals surface area contributed by atoms with Gasteiger partial charge in [0.05, 0.1) is 23.0 Å². The Hall–Kier alpha value is -2.94. The first-order valence-electron chi connectivity index (χ1n) is 5.62. The monoisotopic (exact) mass is 273 g/mol. The van der Waals surface area contributed by atoms with Crippen LogP contribution in [0.2, 0.25) is 0 Å². The number of rotatable bonds is 2. The summed E-state index contributed by atoms with van der Waals surface area (Å²) in [6, 6.07) is 10.2. The highest BCUT2D eigenvalue weighted by Crippen LogP contribution is 2.17. The number of para-hydroxylation sites is 1. The molecular weight excluding hydrogens is 264 g/mol. The molecule has 4 nitrogen and oxygen atoms in total. The van der Waals surface area contributed by atoms with Gasteiger partial charge in [0.1, 0.15) is 11.6 Å². The number of hydrogen-bond donors (Lipinski definition) is 2. The van der Waals surface area contributed by atoms with E-state index in [1.807, 2.05) is 0 Å². The summed E-state index contributed by atoms with van der Waals surface area (Å²) in [5.41, 5.74) is 0.0273. The fraction of sp³-hybridized carbons (Fsp3) is 0. The van der Waals surface area contributed by atoms with Crippen LogP contribution in [0.3, 0.4) is 0 Å². The van der Waals surface area contributed by atoms with Gasteiger partial charge in [-0.15, -0.1) is 0 Å². The molecule has 2 aromatic rings. The summed E-state index contributed by atoms with van der Waals surface area (Å²) in [4.78, 5) is 11.6. The fourth-order valence-electron chi connectivity index (χ4n) is 1.52. The van der Waals surface area contributed by atoms with E-state index in [4.69, 9.17) is 5.26 Å². The van der Waals surface area contributed by atoms with Crippen LogP contribution in [0.1, 0.15) is 5.56 Å². The minimum atomic E-state index is -0.779. The van der Waals surface area contributed by atoms with E-state index >= 15 is 0 Å². The summed E-state index contributed by atoms with van der Waals surface area (Å²) in [5, 5.41) is 13.1. The van der Waals surface area contributed by atoms with Crippen molar-refractivity contribution in [2.45, 2.75) is 0 Å². The SMILES string of the molecule is N#Cc1ccc(NC(=O)Nc2ccccc2F)c(F)c1. The Labute approximate surface area is 113 Å². The molecule has 0 atom stereocenters. The number of halogens is 2. The van der Waals surface area contributed by atoms with Crippen LogP contribution in [0.4, 0.5) is 25.0 Å². The molecule has 0 fully saturated rings. The van der Waals surface area contributed by atoms with Crippen LogP contribution in [0, 0.1) is 23.0 Å². The average Bonchev–Trinajstić information content (AvgIpc) is 2.43. The quantitative estimate of drug-likeness (QED) is 0.879. The van der Waals surface area contributed by atoms with Gasteiger partial charge in [-0.3, -0.25) is 0 Å². The van der Waals surface area contributed by atoms with Crippen molar-refractivity contribution < 1.29 is 13.6 Å². The van der Waals surface area contributed by atoms with E-state index in [0.717, 1.165) is 6.07 Å². The van der Waals surface area contributed by atoms with Crippen molar-refractivity contribution in [3.05, 3.63) is 59.7 Å². The van der Waals surface area contributed by atoms with Gasteiger partial charge in [-0.1, -0.05) is 12.1 Å². The molecule has 20 heavy (non-hydrogen) atoms. The summed E-state index contributed by atoms with van der Waals surface area (Å²) < 4.78 is 26.9. The van der Waals surface area contributed by atoms with E-state index in [9.17, 15) is 13.6 Å². The Bertz CT molecular complexity index is 695. The highest BCUT2D eigenvalue weighted by molar-refractivity contribution is 5.99. The number of amides is 2. The van der Waals surface area contributed by atoms with Gasteiger partial charge in [0.15, 0.2) is 0 Å². The lowest BCUT2D eigenvalue weighted by Crippen LogP contribution is -2.20. The Morgan fingerprint density at radius 3 is 2.25 bits per heavy atom. The number of benzene rings is 2. The molecule has 0 unspecified atom stereocenters. The van der Waals surface area contributed by atoms with Crippen LogP contribution in [0.5, 0.6) is 0 Å². The molecule has 2 rings (SSSR count).